The fourth-order valence-electron chi connectivity index (χ4n) is 5.24. The third kappa shape index (κ3) is 21.0. The maximum Gasteiger partial charge on any atom is 0.407 e. The minimum absolute atomic E-state index is 0.0425. The Morgan fingerprint density at radius 2 is 1.08 bits per heavy atom. The van der Waals surface area contributed by atoms with Crippen LogP contribution in [0, 0.1) is 0 Å². The second-order valence-corrected chi connectivity index (χ2v) is 11.7. The molecule has 1 unspecified atom stereocenters. The van der Waals surface area contributed by atoms with Crippen molar-refractivity contribution in [3.8, 4) is 0 Å². The molecule has 2 amide bonds. The van der Waals surface area contributed by atoms with Crippen molar-refractivity contribution in [1.29, 1.82) is 0 Å². The van der Waals surface area contributed by atoms with Crippen LogP contribution >= 0.6 is 0 Å². The quantitative estimate of drug-likeness (QED) is 0.0938. The number of likely N-dealkylation sites (tertiary alicyclic amines) is 1. The number of amides is 2. The molecule has 0 bridgehead atoms. The van der Waals surface area contributed by atoms with E-state index in [0.29, 0.717) is 13.1 Å². The fraction of sp³-hybridized carbons (Fsp3) is 0.935. The third-order valence-corrected chi connectivity index (χ3v) is 8.00. The van der Waals surface area contributed by atoms with Gasteiger partial charge in [-0.3, -0.25) is 0 Å². The number of carbonyl (C=O) groups excluding carboxylic acids is 2. The Morgan fingerprint density at radius 3 is 1.51 bits per heavy atom. The van der Waals surface area contributed by atoms with E-state index >= 15 is 0 Å². The molecule has 1 saturated heterocycles. The van der Waals surface area contributed by atoms with Crippen LogP contribution in [0.4, 0.5) is 9.59 Å². The van der Waals surface area contributed by atoms with Gasteiger partial charge in [-0.1, -0.05) is 103 Å². The van der Waals surface area contributed by atoms with Crippen LogP contribution in [0.25, 0.3) is 0 Å². The van der Waals surface area contributed by atoms with Crippen LogP contribution in [0.2, 0.25) is 0 Å². The van der Waals surface area contributed by atoms with E-state index in [4.69, 9.17) is 14.2 Å². The third-order valence-electron chi connectivity index (χ3n) is 8.00. The summed E-state index contributed by atoms with van der Waals surface area (Å²) in [6.07, 6.45) is 22.4. The number of nitrogens with one attached hydrogen (secondary N) is 2. The number of hydrogen-bond acceptors (Lipinski definition) is 5. The standard InChI is InChI=1S/C31H61N3O5/c1-4-5-6-7-8-9-10-11-12-13-14-15-16-17-18-19-22-32-30(35)38-27-29(37-3)28-39-31(36)33-23-26-34(2)24-20-21-25-34/h29H,4-28H2,1-3H3,(H-,32,33,35,36)/p+1. The van der Waals surface area contributed by atoms with Gasteiger partial charge in [0.05, 0.1) is 33.2 Å². The maximum absolute atomic E-state index is 11.9. The number of ether oxygens (including phenoxy) is 3. The fourth-order valence-corrected chi connectivity index (χ4v) is 5.24. The molecule has 0 saturated carbocycles. The van der Waals surface area contributed by atoms with Gasteiger partial charge in [0.15, 0.2) is 0 Å². The smallest absolute Gasteiger partial charge is 0.407 e. The molecule has 0 radical (unpaired) electrons. The van der Waals surface area contributed by atoms with Crippen LogP contribution in [-0.2, 0) is 14.2 Å². The summed E-state index contributed by atoms with van der Waals surface area (Å²) in [5.41, 5.74) is 0. The molecule has 0 aromatic rings. The monoisotopic (exact) mass is 556 g/mol. The Kier molecular flexibility index (Phi) is 22.1. The summed E-state index contributed by atoms with van der Waals surface area (Å²) in [6, 6.07) is 0. The molecule has 0 aromatic carbocycles. The first-order valence-corrected chi connectivity index (χ1v) is 16.2. The Bertz CT molecular complexity index is 599. The van der Waals surface area contributed by atoms with E-state index in [1.54, 1.807) is 0 Å². The highest BCUT2D eigenvalue weighted by Crippen LogP contribution is 2.15. The summed E-state index contributed by atoms with van der Waals surface area (Å²) >= 11 is 0. The number of likely N-dealkylation sites (N-methyl/N-ethyl adjacent to an activating group) is 1. The number of nitrogens with zero attached hydrogens (tertiary/aromatic N) is 1. The second kappa shape index (κ2) is 24.3. The average molecular weight is 557 g/mol. The van der Waals surface area contributed by atoms with Crippen molar-refractivity contribution in [2.45, 2.75) is 129 Å². The Hall–Kier alpha value is -1.54. The van der Waals surface area contributed by atoms with Gasteiger partial charge in [0.1, 0.15) is 19.3 Å². The van der Waals surface area contributed by atoms with Crippen molar-refractivity contribution in [2.75, 3.05) is 60.1 Å². The highest BCUT2D eigenvalue weighted by molar-refractivity contribution is 5.67. The molecule has 1 rings (SSSR count). The second-order valence-electron chi connectivity index (χ2n) is 11.7. The van der Waals surface area contributed by atoms with Crippen molar-refractivity contribution in [1.82, 2.24) is 10.6 Å². The number of carbonyl (C=O) groups is 2. The Morgan fingerprint density at radius 1 is 0.667 bits per heavy atom. The highest BCUT2D eigenvalue weighted by Gasteiger charge is 2.26. The molecular weight excluding hydrogens is 494 g/mol. The molecule has 8 heteroatoms. The summed E-state index contributed by atoms with van der Waals surface area (Å²) < 4.78 is 16.7. The Labute approximate surface area is 239 Å². The van der Waals surface area contributed by atoms with Crippen molar-refractivity contribution in [2.24, 2.45) is 0 Å². The van der Waals surface area contributed by atoms with Gasteiger partial charge in [-0.15, -0.1) is 0 Å². The number of unbranched alkanes of at least 4 members (excludes halogenated alkanes) is 15. The van der Waals surface area contributed by atoms with E-state index in [2.05, 4.69) is 24.6 Å². The lowest BCUT2D eigenvalue weighted by Crippen LogP contribution is -2.46. The molecule has 230 valence electrons. The van der Waals surface area contributed by atoms with Gasteiger partial charge in [0.25, 0.3) is 0 Å². The largest absolute Gasteiger partial charge is 0.447 e. The van der Waals surface area contributed by atoms with Crippen LogP contribution in [0.3, 0.4) is 0 Å². The Balaban J connectivity index is 1.87. The van der Waals surface area contributed by atoms with Gasteiger partial charge in [-0.25, -0.2) is 9.59 Å². The van der Waals surface area contributed by atoms with Gasteiger partial charge < -0.3 is 29.3 Å². The van der Waals surface area contributed by atoms with Crippen LogP contribution in [0.15, 0.2) is 0 Å². The molecule has 1 atom stereocenters. The number of quaternary nitrogens is 1. The predicted octanol–water partition coefficient (Wildman–Crippen LogP) is 6.96. The number of hydrogen-bond donors (Lipinski definition) is 2. The van der Waals surface area contributed by atoms with Gasteiger partial charge in [-0.05, 0) is 6.42 Å². The zero-order chi connectivity index (χ0) is 28.4. The summed E-state index contributed by atoms with van der Waals surface area (Å²) in [5, 5.41) is 5.60. The lowest BCUT2D eigenvalue weighted by molar-refractivity contribution is -0.896. The van der Waals surface area contributed by atoms with Gasteiger partial charge >= 0.3 is 12.2 Å². The molecule has 1 heterocycles. The summed E-state index contributed by atoms with van der Waals surface area (Å²) in [5.74, 6) is 0. The zero-order valence-corrected chi connectivity index (χ0v) is 25.7. The minimum atomic E-state index is -0.486. The molecule has 1 fully saturated rings. The van der Waals surface area contributed by atoms with Crippen LogP contribution in [0.1, 0.15) is 122 Å². The lowest BCUT2D eigenvalue weighted by atomic mass is 10.0. The summed E-state index contributed by atoms with van der Waals surface area (Å²) in [6.45, 7) is 6.81. The van der Waals surface area contributed by atoms with Crippen LogP contribution in [-0.4, -0.2) is 82.9 Å². The zero-order valence-electron chi connectivity index (χ0n) is 25.7. The molecular formula is C31H62N3O5+. The van der Waals surface area contributed by atoms with Gasteiger partial charge in [-0.2, -0.15) is 0 Å². The normalized spacial score (nSPS) is 15.2. The molecule has 0 aromatic heterocycles. The lowest BCUT2D eigenvalue weighted by Gasteiger charge is -2.29. The first-order chi connectivity index (χ1) is 19.0. The molecule has 2 N–H and O–H groups in total. The van der Waals surface area contributed by atoms with Crippen molar-refractivity contribution in [3.63, 3.8) is 0 Å². The number of alkyl carbamates (subject to hydrolysis) is 2. The molecule has 0 spiro atoms. The first kappa shape index (κ1) is 35.5. The average Bonchev–Trinajstić information content (AvgIpc) is 3.36. The van der Waals surface area contributed by atoms with E-state index in [1.165, 1.54) is 123 Å². The van der Waals surface area contributed by atoms with Crippen molar-refractivity contribution < 1.29 is 28.3 Å². The molecule has 1 aliphatic heterocycles. The van der Waals surface area contributed by atoms with E-state index in [1.807, 2.05) is 0 Å². The van der Waals surface area contributed by atoms with Crippen molar-refractivity contribution in [3.05, 3.63) is 0 Å². The van der Waals surface area contributed by atoms with E-state index in [9.17, 15) is 9.59 Å². The predicted molar refractivity (Wildman–Crippen MR) is 159 cm³/mol. The highest BCUT2D eigenvalue weighted by atomic mass is 16.6. The maximum atomic E-state index is 11.9. The summed E-state index contributed by atoms with van der Waals surface area (Å²) in [7, 11) is 3.74. The minimum Gasteiger partial charge on any atom is -0.447 e. The first-order valence-electron chi connectivity index (χ1n) is 16.2. The number of rotatable bonds is 25. The molecule has 39 heavy (non-hydrogen) atoms. The van der Waals surface area contributed by atoms with E-state index < -0.39 is 18.3 Å². The molecule has 0 aliphatic carbocycles. The van der Waals surface area contributed by atoms with Gasteiger partial charge in [0, 0.05) is 26.5 Å². The van der Waals surface area contributed by atoms with Gasteiger partial charge in [0.2, 0.25) is 0 Å². The summed E-state index contributed by atoms with van der Waals surface area (Å²) in [4.78, 5) is 23.9. The van der Waals surface area contributed by atoms with E-state index in [-0.39, 0.29) is 13.2 Å². The topological polar surface area (TPSA) is 85.9 Å². The molecule has 1 aliphatic rings. The van der Waals surface area contributed by atoms with E-state index in [0.717, 1.165) is 23.9 Å². The van der Waals surface area contributed by atoms with Crippen LogP contribution < -0.4 is 10.6 Å². The molecule has 8 nitrogen and oxygen atoms in total. The van der Waals surface area contributed by atoms with Crippen LogP contribution in [0.5, 0.6) is 0 Å². The SMILES string of the molecule is CCCCCCCCCCCCCCCCCCNC(=O)OCC(COC(=O)NCC[N+]1(C)CCCC1)OC. The van der Waals surface area contributed by atoms with Crippen molar-refractivity contribution >= 4 is 12.2 Å². The number of methoxy groups -OCH3 is 1.